The average Bonchev–Trinajstić information content (AvgIpc) is 2.46. The molecular formula is C17H34N2O. The Labute approximate surface area is 125 Å². The Morgan fingerprint density at radius 3 is 2.45 bits per heavy atom. The van der Waals surface area contributed by atoms with E-state index in [2.05, 4.69) is 51.9 Å². The molecule has 2 heterocycles. The molecule has 0 aromatic heterocycles. The SMILES string of the molecule is CNC1C(CN2CCCCCC2C)C(C)(C)OC1(C)C. The predicted octanol–water partition coefficient (Wildman–Crippen LogP) is 3.04. The van der Waals surface area contributed by atoms with E-state index in [4.69, 9.17) is 4.74 Å². The molecule has 1 N–H and O–H groups in total. The zero-order chi connectivity index (χ0) is 15.0. The van der Waals surface area contributed by atoms with Gasteiger partial charge in [0.15, 0.2) is 0 Å². The van der Waals surface area contributed by atoms with Gasteiger partial charge < -0.3 is 15.0 Å². The monoisotopic (exact) mass is 282 g/mol. The Bertz CT molecular complexity index is 327. The molecule has 0 aliphatic carbocycles. The Hall–Kier alpha value is -0.120. The van der Waals surface area contributed by atoms with Gasteiger partial charge in [0.05, 0.1) is 11.2 Å². The summed E-state index contributed by atoms with van der Waals surface area (Å²) in [6.45, 7) is 13.8. The number of ether oxygens (including phenoxy) is 1. The molecule has 0 bridgehead atoms. The van der Waals surface area contributed by atoms with Gasteiger partial charge in [-0.25, -0.2) is 0 Å². The summed E-state index contributed by atoms with van der Waals surface area (Å²) in [6, 6.07) is 1.14. The number of likely N-dealkylation sites (N-methyl/N-ethyl adjacent to an activating group) is 1. The molecule has 3 unspecified atom stereocenters. The summed E-state index contributed by atoms with van der Waals surface area (Å²) in [4.78, 5) is 2.70. The zero-order valence-corrected chi connectivity index (χ0v) is 14.3. The fraction of sp³-hybridized carbons (Fsp3) is 1.00. The molecule has 3 atom stereocenters. The smallest absolute Gasteiger partial charge is 0.0790 e. The van der Waals surface area contributed by atoms with Gasteiger partial charge in [0, 0.05) is 24.5 Å². The first-order valence-corrected chi connectivity index (χ1v) is 8.39. The van der Waals surface area contributed by atoms with Crippen LogP contribution >= 0.6 is 0 Å². The molecule has 0 radical (unpaired) electrons. The second kappa shape index (κ2) is 5.94. The van der Waals surface area contributed by atoms with Crippen molar-refractivity contribution in [1.29, 1.82) is 0 Å². The molecule has 3 heteroatoms. The molecule has 2 rings (SSSR count). The molecule has 0 saturated carbocycles. The number of hydrogen-bond acceptors (Lipinski definition) is 3. The van der Waals surface area contributed by atoms with Crippen molar-refractivity contribution in [2.24, 2.45) is 5.92 Å². The van der Waals surface area contributed by atoms with Gasteiger partial charge in [-0.15, -0.1) is 0 Å². The maximum Gasteiger partial charge on any atom is 0.0790 e. The Morgan fingerprint density at radius 1 is 1.10 bits per heavy atom. The van der Waals surface area contributed by atoms with Crippen molar-refractivity contribution in [2.45, 2.75) is 83.6 Å². The van der Waals surface area contributed by atoms with E-state index in [1.165, 1.54) is 32.2 Å². The van der Waals surface area contributed by atoms with Gasteiger partial charge in [0.25, 0.3) is 0 Å². The third-order valence-corrected chi connectivity index (χ3v) is 5.50. The lowest BCUT2D eigenvalue weighted by atomic mass is 9.82. The first kappa shape index (κ1) is 16.3. The van der Waals surface area contributed by atoms with Crippen LogP contribution in [0, 0.1) is 5.92 Å². The van der Waals surface area contributed by atoms with Crippen LogP contribution in [0.4, 0.5) is 0 Å². The van der Waals surface area contributed by atoms with E-state index in [-0.39, 0.29) is 11.2 Å². The second-order valence-electron chi connectivity index (χ2n) is 7.88. The summed E-state index contributed by atoms with van der Waals surface area (Å²) < 4.78 is 6.37. The molecular weight excluding hydrogens is 248 g/mol. The van der Waals surface area contributed by atoms with E-state index in [9.17, 15) is 0 Å². The highest BCUT2D eigenvalue weighted by Crippen LogP contribution is 2.42. The number of nitrogens with one attached hydrogen (secondary N) is 1. The highest BCUT2D eigenvalue weighted by atomic mass is 16.5. The van der Waals surface area contributed by atoms with Crippen molar-refractivity contribution >= 4 is 0 Å². The van der Waals surface area contributed by atoms with Crippen LogP contribution in [0.5, 0.6) is 0 Å². The van der Waals surface area contributed by atoms with Crippen LogP contribution in [0.2, 0.25) is 0 Å². The molecule has 118 valence electrons. The minimum atomic E-state index is -0.0853. The fourth-order valence-corrected chi connectivity index (χ4v) is 4.44. The normalized spacial score (nSPS) is 37.8. The molecule has 0 aromatic carbocycles. The van der Waals surface area contributed by atoms with E-state index in [1.807, 2.05) is 0 Å². The van der Waals surface area contributed by atoms with E-state index < -0.39 is 0 Å². The topological polar surface area (TPSA) is 24.5 Å². The first-order chi connectivity index (χ1) is 9.28. The lowest BCUT2D eigenvalue weighted by Gasteiger charge is -2.36. The number of nitrogens with zero attached hydrogens (tertiary/aromatic N) is 1. The number of hydrogen-bond donors (Lipinski definition) is 1. The van der Waals surface area contributed by atoms with Crippen molar-refractivity contribution < 1.29 is 4.74 Å². The van der Waals surface area contributed by atoms with Gasteiger partial charge in [0.1, 0.15) is 0 Å². The molecule has 20 heavy (non-hydrogen) atoms. The number of likely N-dealkylation sites (tertiary alicyclic amines) is 1. The Kier molecular flexibility index (Phi) is 4.83. The van der Waals surface area contributed by atoms with E-state index in [1.54, 1.807) is 0 Å². The van der Waals surface area contributed by atoms with Crippen molar-refractivity contribution in [2.75, 3.05) is 20.1 Å². The summed E-state index contributed by atoms with van der Waals surface area (Å²) in [5, 5.41) is 3.53. The van der Waals surface area contributed by atoms with Crippen molar-refractivity contribution in [3.63, 3.8) is 0 Å². The van der Waals surface area contributed by atoms with E-state index in [0.717, 1.165) is 12.6 Å². The second-order valence-corrected chi connectivity index (χ2v) is 7.88. The highest BCUT2D eigenvalue weighted by Gasteiger charge is 2.53. The Balaban J connectivity index is 2.13. The zero-order valence-electron chi connectivity index (χ0n) is 14.3. The van der Waals surface area contributed by atoms with Crippen molar-refractivity contribution in [3.8, 4) is 0 Å². The minimum absolute atomic E-state index is 0.0524. The van der Waals surface area contributed by atoms with Crippen molar-refractivity contribution in [1.82, 2.24) is 10.2 Å². The average molecular weight is 282 g/mol. The summed E-state index contributed by atoms with van der Waals surface area (Å²) in [5.41, 5.74) is -0.138. The number of rotatable bonds is 3. The van der Waals surface area contributed by atoms with Crippen LogP contribution in [0.15, 0.2) is 0 Å². The van der Waals surface area contributed by atoms with Gasteiger partial charge in [-0.2, -0.15) is 0 Å². The summed E-state index contributed by atoms with van der Waals surface area (Å²) >= 11 is 0. The third kappa shape index (κ3) is 3.20. The minimum Gasteiger partial charge on any atom is -0.368 e. The summed E-state index contributed by atoms with van der Waals surface area (Å²) in [5.74, 6) is 0.544. The van der Waals surface area contributed by atoms with Crippen LogP contribution in [0.1, 0.15) is 60.3 Å². The lowest BCUT2D eigenvalue weighted by Crippen LogP contribution is -2.51. The largest absolute Gasteiger partial charge is 0.368 e. The third-order valence-electron chi connectivity index (χ3n) is 5.50. The van der Waals surface area contributed by atoms with Gasteiger partial charge in [-0.05, 0) is 61.1 Å². The molecule has 2 fully saturated rings. The van der Waals surface area contributed by atoms with Gasteiger partial charge in [0.2, 0.25) is 0 Å². The quantitative estimate of drug-likeness (QED) is 0.861. The fourth-order valence-electron chi connectivity index (χ4n) is 4.44. The van der Waals surface area contributed by atoms with Crippen LogP contribution in [0.25, 0.3) is 0 Å². The van der Waals surface area contributed by atoms with Gasteiger partial charge in [-0.1, -0.05) is 12.8 Å². The van der Waals surface area contributed by atoms with Crippen LogP contribution in [0.3, 0.4) is 0 Å². The van der Waals surface area contributed by atoms with Gasteiger partial charge in [-0.3, -0.25) is 0 Å². The maximum absolute atomic E-state index is 6.37. The van der Waals surface area contributed by atoms with Crippen molar-refractivity contribution in [3.05, 3.63) is 0 Å². The molecule has 0 amide bonds. The molecule has 2 aliphatic rings. The Morgan fingerprint density at radius 2 is 1.80 bits per heavy atom. The van der Waals surface area contributed by atoms with Crippen LogP contribution in [-0.2, 0) is 4.74 Å². The van der Waals surface area contributed by atoms with Crippen LogP contribution in [-0.4, -0.2) is 48.3 Å². The van der Waals surface area contributed by atoms with Gasteiger partial charge >= 0.3 is 0 Å². The molecule has 0 aromatic rings. The summed E-state index contributed by atoms with van der Waals surface area (Å²) in [7, 11) is 2.08. The maximum atomic E-state index is 6.37. The molecule has 0 spiro atoms. The predicted molar refractivity (Wildman–Crippen MR) is 85.1 cm³/mol. The first-order valence-electron chi connectivity index (χ1n) is 8.39. The van der Waals surface area contributed by atoms with E-state index >= 15 is 0 Å². The molecule has 3 nitrogen and oxygen atoms in total. The van der Waals surface area contributed by atoms with E-state index in [0.29, 0.717) is 12.0 Å². The summed E-state index contributed by atoms with van der Waals surface area (Å²) in [6.07, 6.45) is 5.49. The molecule has 2 aliphatic heterocycles. The van der Waals surface area contributed by atoms with Crippen LogP contribution < -0.4 is 5.32 Å². The lowest BCUT2D eigenvalue weighted by molar-refractivity contribution is -0.0799. The standard InChI is InChI=1S/C17H34N2O/c1-13-10-8-7-9-11-19(13)12-14-15(18-6)17(4,5)20-16(14,2)3/h13-15,18H,7-12H2,1-6H3. The highest BCUT2D eigenvalue weighted by molar-refractivity contribution is 5.06. The molecule has 2 saturated heterocycles.